The average Bonchev–Trinajstić information content (AvgIpc) is 3.04. The second-order valence-electron chi connectivity index (χ2n) is 6.96. The number of aromatic nitrogens is 2. The second kappa shape index (κ2) is 7.08. The van der Waals surface area contributed by atoms with Gasteiger partial charge < -0.3 is 4.90 Å². The lowest BCUT2D eigenvalue weighted by Gasteiger charge is -2.20. The van der Waals surface area contributed by atoms with E-state index in [-0.39, 0.29) is 0 Å². The van der Waals surface area contributed by atoms with E-state index in [0.29, 0.717) is 17.2 Å². The summed E-state index contributed by atoms with van der Waals surface area (Å²) in [7, 11) is 0. The molecule has 4 rings (SSSR count). The van der Waals surface area contributed by atoms with Crippen molar-refractivity contribution in [1.82, 2.24) is 14.9 Å². The summed E-state index contributed by atoms with van der Waals surface area (Å²) in [6, 6.07) is 12.9. The van der Waals surface area contributed by atoms with Crippen molar-refractivity contribution in [3.05, 3.63) is 60.1 Å². The van der Waals surface area contributed by atoms with Crippen molar-refractivity contribution in [1.29, 1.82) is 0 Å². The van der Waals surface area contributed by atoms with Gasteiger partial charge in [0, 0.05) is 35.7 Å². The van der Waals surface area contributed by atoms with E-state index in [4.69, 9.17) is 4.98 Å². The maximum absolute atomic E-state index is 13.9. The van der Waals surface area contributed by atoms with Crippen LogP contribution in [0.1, 0.15) is 25.5 Å². The van der Waals surface area contributed by atoms with Crippen molar-refractivity contribution in [3.63, 3.8) is 0 Å². The van der Waals surface area contributed by atoms with Crippen molar-refractivity contribution in [2.75, 3.05) is 13.1 Å². The zero-order valence-corrected chi connectivity index (χ0v) is 14.8. The van der Waals surface area contributed by atoms with E-state index in [1.165, 1.54) is 31.5 Å². The van der Waals surface area contributed by atoms with Gasteiger partial charge in [0.2, 0.25) is 11.9 Å². The van der Waals surface area contributed by atoms with E-state index in [1.807, 2.05) is 24.3 Å². The Labute approximate surface area is 151 Å². The highest BCUT2D eigenvalue weighted by molar-refractivity contribution is 5.84. The molecule has 1 fully saturated rings. The number of hydrogen-bond acceptors (Lipinski definition) is 3. The minimum Gasteiger partial charge on any atom is -0.300 e. The van der Waals surface area contributed by atoms with Crippen LogP contribution < -0.4 is 0 Å². The van der Waals surface area contributed by atoms with Crippen LogP contribution in [0.5, 0.6) is 0 Å². The molecule has 0 N–H and O–H groups in total. The van der Waals surface area contributed by atoms with Crippen LogP contribution in [0.3, 0.4) is 0 Å². The molecule has 26 heavy (non-hydrogen) atoms. The predicted octanol–water partition coefficient (Wildman–Crippen LogP) is 4.60. The van der Waals surface area contributed by atoms with Crippen LogP contribution in [0.4, 0.5) is 8.78 Å². The number of nitrogens with zero attached hydrogens (tertiary/aromatic N) is 3. The molecule has 5 heteroatoms. The number of likely N-dealkylation sites (tertiary alicyclic amines) is 1. The molecular weight excluding hydrogens is 332 g/mol. The molecule has 1 aliphatic heterocycles. The smallest absolute Gasteiger partial charge is 0.223 e. The highest BCUT2D eigenvalue weighted by atomic mass is 19.1. The molecule has 0 bridgehead atoms. The minimum atomic E-state index is -0.814. The molecule has 0 aliphatic carbocycles. The molecule has 3 heterocycles. The normalized spacial score (nSPS) is 17.9. The average molecular weight is 353 g/mol. The molecule has 1 aromatic carbocycles. The van der Waals surface area contributed by atoms with Gasteiger partial charge in [0.15, 0.2) is 0 Å². The third-order valence-corrected chi connectivity index (χ3v) is 5.22. The van der Waals surface area contributed by atoms with Gasteiger partial charge in [-0.05, 0) is 62.2 Å². The quantitative estimate of drug-likeness (QED) is 0.642. The van der Waals surface area contributed by atoms with Gasteiger partial charge in [-0.2, -0.15) is 13.8 Å². The molecule has 1 unspecified atom stereocenters. The number of halogens is 2. The number of benzene rings is 1. The highest BCUT2D eigenvalue weighted by Crippen LogP contribution is 2.26. The van der Waals surface area contributed by atoms with Gasteiger partial charge in [-0.3, -0.25) is 4.98 Å². The first-order valence-corrected chi connectivity index (χ1v) is 9.06. The maximum atomic E-state index is 13.9. The number of fused-ring (bicyclic) bond motifs is 1. The molecule has 2 aromatic heterocycles. The monoisotopic (exact) mass is 353 g/mol. The second-order valence-corrected chi connectivity index (χ2v) is 6.96. The fraction of sp³-hybridized carbons (Fsp3) is 0.333. The lowest BCUT2D eigenvalue weighted by Crippen LogP contribution is -2.29. The van der Waals surface area contributed by atoms with Crippen LogP contribution in [-0.4, -0.2) is 34.0 Å². The number of hydrogen-bond donors (Lipinski definition) is 0. The van der Waals surface area contributed by atoms with Gasteiger partial charge >= 0.3 is 0 Å². The molecule has 134 valence electrons. The van der Waals surface area contributed by atoms with Gasteiger partial charge in [0.05, 0.1) is 5.52 Å². The van der Waals surface area contributed by atoms with Crippen LogP contribution in [0.15, 0.2) is 42.5 Å². The fourth-order valence-corrected chi connectivity index (χ4v) is 3.69. The number of pyridine rings is 2. The summed E-state index contributed by atoms with van der Waals surface area (Å²) >= 11 is 0. The first-order valence-electron chi connectivity index (χ1n) is 9.06. The van der Waals surface area contributed by atoms with Crippen LogP contribution in [0.25, 0.3) is 22.0 Å². The predicted molar refractivity (Wildman–Crippen MR) is 98.9 cm³/mol. The minimum absolute atomic E-state index is 0.292. The summed E-state index contributed by atoms with van der Waals surface area (Å²) in [5.41, 5.74) is 2.92. The molecule has 3 aromatic rings. The van der Waals surface area contributed by atoms with Crippen LogP contribution in [0.2, 0.25) is 0 Å². The van der Waals surface area contributed by atoms with Crippen molar-refractivity contribution < 1.29 is 8.78 Å². The molecular formula is C21H21F2N3. The Morgan fingerprint density at radius 1 is 1.08 bits per heavy atom. The van der Waals surface area contributed by atoms with E-state index in [1.54, 1.807) is 6.07 Å². The Morgan fingerprint density at radius 3 is 2.73 bits per heavy atom. The summed E-state index contributed by atoms with van der Waals surface area (Å²) in [6.45, 7) is 4.49. The first-order chi connectivity index (χ1) is 12.6. The Bertz CT molecular complexity index is 942. The van der Waals surface area contributed by atoms with Gasteiger partial charge in [0.25, 0.3) is 0 Å². The molecule has 0 saturated carbocycles. The van der Waals surface area contributed by atoms with E-state index >= 15 is 0 Å². The largest absolute Gasteiger partial charge is 0.300 e. The summed E-state index contributed by atoms with van der Waals surface area (Å²) in [5.74, 6) is -1.61. The molecule has 3 nitrogen and oxygen atoms in total. The van der Waals surface area contributed by atoms with E-state index in [0.717, 1.165) is 29.6 Å². The standard InChI is InChI=1S/C21H21F2N3/c1-14-3-2-11-26(14)12-10-17-6-4-16-13-15(5-8-19(16)24-17)18-7-9-20(22)25-21(18)23/h4-9,13-14H,2-3,10-12H2,1H3. The zero-order chi connectivity index (χ0) is 18.1. The lowest BCUT2D eigenvalue weighted by molar-refractivity contribution is 0.271. The van der Waals surface area contributed by atoms with Crippen LogP contribution in [0, 0.1) is 11.9 Å². The molecule has 1 saturated heterocycles. The van der Waals surface area contributed by atoms with E-state index < -0.39 is 11.9 Å². The number of rotatable bonds is 4. The molecule has 0 spiro atoms. The summed E-state index contributed by atoms with van der Waals surface area (Å²) in [6.07, 6.45) is 3.49. The molecule has 1 aliphatic rings. The van der Waals surface area contributed by atoms with Crippen LogP contribution >= 0.6 is 0 Å². The highest BCUT2D eigenvalue weighted by Gasteiger charge is 2.19. The third-order valence-electron chi connectivity index (χ3n) is 5.22. The molecule has 0 radical (unpaired) electrons. The molecule has 0 amide bonds. The van der Waals surface area contributed by atoms with Crippen molar-refractivity contribution in [3.8, 4) is 11.1 Å². The van der Waals surface area contributed by atoms with Crippen molar-refractivity contribution in [2.45, 2.75) is 32.2 Å². The lowest BCUT2D eigenvalue weighted by atomic mass is 10.0. The topological polar surface area (TPSA) is 29.0 Å². The SMILES string of the molecule is CC1CCCN1CCc1ccc2cc(-c3ccc(F)nc3F)ccc2n1. The maximum Gasteiger partial charge on any atom is 0.223 e. The molecule has 1 atom stereocenters. The van der Waals surface area contributed by atoms with Crippen molar-refractivity contribution >= 4 is 10.9 Å². The Kier molecular flexibility index (Phi) is 4.64. The van der Waals surface area contributed by atoms with Gasteiger partial charge in [-0.1, -0.05) is 12.1 Å². The summed E-state index contributed by atoms with van der Waals surface area (Å²) in [5, 5.41) is 0.935. The first kappa shape index (κ1) is 17.0. The van der Waals surface area contributed by atoms with E-state index in [2.05, 4.69) is 16.8 Å². The van der Waals surface area contributed by atoms with Gasteiger partial charge in [0.1, 0.15) is 0 Å². The van der Waals surface area contributed by atoms with E-state index in [9.17, 15) is 8.78 Å². The van der Waals surface area contributed by atoms with Gasteiger partial charge in [-0.25, -0.2) is 0 Å². The Balaban J connectivity index is 1.56. The third kappa shape index (κ3) is 3.44. The zero-order valence-electron chi connectivity index (χ0n) is 14.8. The summed E-state index contributed by atoms with van der Waals surface area (Å²) in [4.78, 5) is 10.5. The Hall–Kier alpha value is -2.40. The fourth-order valence-electron chi connectivity index (χ4n) is 3.69. The van der Waals surface area contributed by atoms with Crippen molar-refractivity contribution in [2.24, 2.45) is 0 Å². The summed E-state index contributed by atoms with van der Waals surface area (Å²) < 4.78 is 26.9. The van der Waals surface area contributed by atoms with Crippen LogP contribution in [-0.2, 0) is 6.42 Å². The van der Waals surface area contributed by atoms with Gasteiger partial charge in [-0.15, -0.1) is 0 Å². The Morgan fingerprint density at radius 2 is 1.96 bits per heavy atom.